The number of aromatic nitrogens is 1. The molecule has 1 heterocycles. The molecule has 19 heavy (non-hydrogen) atoms. The molecule has 0 radical (unpaired) electrons. The number of nitrogens with one attached hydrogen (secondary N) is 1. The van der Waals surface area contributed by atoms with Gasteiger partial charge in [0.05, 0.1) is 29.9 Å². The van der Waals surface area contributed by atoms with E-state index in [0.717, 1.165) is 0 Å². The SMILES string of the molecule is O=C(CCOc1ccccc1Cl)Nc1cccnc1. The second-order valence-electron chi connectivity index (χ2n) is 3.82. The van der Waals surface area contributed by atoms with E-state index < -0.39 is 0 Å². The summed E-state index contributed by atoms with van der Waals surface area (Å²) in [5.74, 6) is 0.457. The predicted molar refractivity (Wildman–Crippen MR) is 74.4 cm³/mol. The second kappa shape index (κ2) is 6.75. The maximum absolute atomic E-state index is 11.6. The highest BCUT2D eigenvalue weighted by Gasteiger charge is 2.04. The minimum Gasteiger partial charge on any atom is -0.491 e. The van der Waals surface area contributed by atoms with Crippen LogP contribution in [0.1, 0.15) is 6.42 Å². The van der Waals surface area contributed by atoms with Gasteiger partial charge in [0, 0.05) is 6.20 Å². The summed E-state index contributed by atoms with van der Waals surface area (Å²) in [6.45, 7) is 0.274. The van der Waals surface area contributed by atoms with E-state index in [2.05, 4.69) is 10.3 Å². The van der Waals surface area contributed by atoms with Gasteiger partial charge in [0.2, 0.25) is 5.91 Å². The molecule has 0 bridgehead atoms. The number of benzene rings is 1. The van der Waals surface area contributed by atoms with Crippen LogP contribution in [0.4, 0.5) is 5.69 Å². The highest BCUT2D eigenvalue weighted by atomic mass is 35.5. The van der Waals surface area contributed by atoms with Gasteiger partial charge in [-0.15, -0.1) is 0 Å². The molecule has 0 fully saturated rings. The molecule has 5 heteroatoms. The third-order valence-corrected chi connectivity index (χ3v) is 2.68. The molecule has 2 rings (SSSR count). The lowest BCUT2D eigenvalue weighted by Gasteiger charge is -2.08. The lowest BCUT2D eigenvalue weighted by Crippen LogP contribution is -2.15. The van der Waals surface area contributed by atoms with Crippen molar-refractivity contribution in [1.82, 2.24) is 4.98 Å². The van der Waals surface area contributed by atoms with Crippen molar-refractivity contribution in [2.24, 2.45) is 0 Å². The summed E-state index contributed by atoms with van der Waals surface area (Å²) in [6.07, 6.45) is 3.49. The van der Waals surface area contributed by atoms with Crippen LogP contribution < -0.4 is 10.1 Å². The third kappa shape index (κ3) is 4.26. The Morgan fingerprint density at radius 1 is 1.26 bits per heavy atom. The number of nitrogens with zero attached hydrogens (tertiary/aromatic N) is 1. The number of para-hydroxylation sites is 1. The lowest BCUT2D eigenvalue weighted by molar-refractivity contribution is -0.116. The molecular weight excluding hydrogens is 264 g/mol. The quantitative estimate of drug-likeness (QED) is 0.913. The largest absolute Gasteiger partial charge is 0.491 e. The van der Waals surface area contributed by atoms with Crippen molar-refractivity contribution in [2.45, 2.75) is 6.42 Å². The number of carbonyl (C=O) groups is 1. The molecule has 2 aromatic rings. The summed E-state index contributed by atoms with van der Waals surface area (Å²) in [5, 5.41) is 3.27. The van der Waals surface area contributed by atoms with E-state index in [0.29, 0.717) is 16.5 Å². The van der Waals surface area contributed by atoms with Crippen molar-refractivity contribution >= 4 is 23.2 Å². The van der Waals surface area contributed by atoms with Crippen molar-refractivity contribution in [3.8, 4) is 5.75 Å². The fraction of sp³-hybridized carbons (Fsp3) is 0.143. The molecule has 0 atom stereocenters. The van der Waals surface area contributed by atoms with Crippen LogP contribution in [0.15, 0.2) is 48.8 Å². The number of halogens is 1. The smallest absolute Gasteiger partial charge is 0.227 e. The molecule has 0 saturated heterocycles. The van der Waals surface area contributed by atoms with Crippen molar-refractivity contribution in [1.29, 1.82) is 0 Å². The maximum atomic E-state index is 11.6. The Balaban J connectivity index is 1.77. The first kappa shape index (κ1) is 13.4. The van der Waals surface area contributed by atoms with E-state index >= 15 is 0 Å². The van der Waals surface area contributed by atoms with Crippen LogP contribution in [0.25, 0.3) is 0 Å². The normalized spacial score (nSPS) is 9.95. The van der Waals surface area contributed by atoms with Crippen LogP contribution in [0.5, 0.6) is 5.75 Å². The first-order valence-electron chi connectivity index (χ1n) is 5.83. The first-order valence-corrected chi connectivity index (χ1v) is 6.21. The highest BCUT2D eigenvalue weighted by Crippen LogP contribution is 2.23. The molecule has 1 aromatic carbocycles. The van der Waals surface area contributed by atoms with Crippen LogP contribution in [0, 0.1) is 0 Å². The van der Waals surface area contributed by atoms with Crippen molar-refractivity contribution in [2.75, 3.05) is 11.9 Å². The van der Waals surface area contributed by atoms with Gasteiger partial charge in [-0.25, -0.2) is 0 Å². The zero-order chi connectivity index (χ0) is 13.5. The van der Waals surface area contributed by atoms with E-state index in [1.54, 1.807) is 36.7 Å². The van der Waals surface area contributed by atoms with Gasteiger partial charge >= 0.3 is 0 Å². The highest BCUT2D eigenvalue weighted by molar-refractivity contribution is 6.32. The van der Waals surface area contributed by atoms with Gasteiger partial charge < -0.3 is 10.1 Å². The van der Waals surface area contributed by atoms with Gasteiger partial charge in [0.25, 0.3) is 0 Å². The Labute approximate surface area is 116 Å². The van der Waals surface area contributed by atoms with Crippen LogP contribution in [-0.4, -0.2) is 17.5 Å². The van der Waals surface area contributed by atoms with Gasteiger partial charge in [-0.1, -0.05) is 23.7 Å². The average Bonchev–Trinajstić information content (AvgIpc) is 2.42. The van der Waals surface area contributed by atoms with E-state index in [1.807, 2.05) is 12.1 Å². The molecule has 1 amide bonds. The summed E-state index contributed by atoms with van der Waals surface area (Å²) in [4.78, 5) is 15.5. The number of hydrogen-bond donors (Lipinski definition) is 1. The minimum atomic E-state index is -0.125. The summed E-state index contributed by atoms with van der Waals surface area (Å²) in [7, 11) is 0. The zero-order valence-corrected chi connectivity index (χ0v) is 10.9. The molecule has 0 saturated carbocycles. The molecule has 1 aromatic heterocycles. The number of anilines is 1. The summed E-state index contributed by atoms with van der Waals surface area (Å²) < 4.78 is 5.44. The Kier molecular flexibility index (Phi) is 4.75. The number of pyridine rings is 1. The monoisotopic (exact) mass is 276 g/mol. The molecule has 0 aliphatic rings. The first-order chi connectivity index (χ1) is 9.25. The summed E-state index contributed by atoms with van der Waals surface area (Å²) in [5.41, 5.74) is 0.672. The standard InChI is InChI=1S/C14H13ClN2O2/c15-12-5-1-2-6-13(12)19-9-7-14(18)17-11-4-3-8-16-10-11/h1-6,8,10H,7,9H2,(H,17,18). The van der Waals surface area contributed by atoms with Gasteiger partial charge in [0.15, 0.2) is 0 Å². The van der Waals surface area contributed by atoms with E-state index in [1.165, 1.54) is 0 Å². The van der Waals surface area contributed by atoms with Crippen molar-refractivity contribution in [3.63, 3.8) is 0 Å². The summed E-state index contributed by atoms with van der Waals surface area (Å²) >= 11 is 5.94. The molecule has 98 valence electrons. The van der Waals surface area contributed by atoms with Crippen LogP contribution >= 0.6 is 11.6 Å². The van der Waals surface area contributed by atoms with E-state index in [4.69, 9.17) is 16.3 Å². The van der Waals surface area contributed by atoms with Crippen molar-refractivity contribution < 1.29 is 9.53 Å². The number of rotatable bonds is 5. The molecular formula is C14H13ClN2O2. The number of carbonyl (C=O) groups excluding carboxylic acids is 1. The third-order valence-electron chi connectivity index (χ3n) is 2.37. The van der Waals surface area contributed by atoms with Crippen LogP contribution in [0.3, 0.4) is 0 Å². The fourth-order valence-electron chi connectivity index (χ4n) is 1.48. The summed E-state index contributed by atoms with van der Waals surface area (Å²) in [6, 6.07) is 10.7. The number of hydrogen-bond acceptors (Lipinski definition) is 3. The van der Waals surface area contributed by atoms with E-state index in [9.17, 15) is 4.79 Å². The molecule has 4 nitrogen and oxygen atoms in total. The predicted octanol–water partition coefficient (Wildman–Crippen LogP) is 3.14. The Morgan fingerprint density at radius 3 is 2.84 bits per heavy atom. The van der Waals surface area contributed by atoms with Gasteiger partial charge in [-0.3, -0.25) is 9.78 Å². The topological polar surface area (TPSA) is 51.2 Å². The Morgan fingerprint density at radius 2 is 2.11 bits per heavy atom. The fourth-order valence-corrected chi connectivity index (χ4v) is 1.67. The van der Waals surface area contributed by atoms with E-state index in [-0.39, 0.29) is 18.9 Å². The number of amides is 1. The van der Waals surface area contributed by atoms with Crippen LogP contribution in [0.2, 0.25) is 5.02 Å². The maximum Gasteiger partial charge on any atom is 0.227 e. The zero-order valence-electron chi connectivity index (χ0n) is 10.2. The van der Waals surface area contributed by atoms with Crippen LogP contribution in [-0.2, 0) is 4.79 Å². The number of ether oxygens (including phenoxy) is 1. The lowest BCUT2D eigenvalue weighted by atomic mass is 10.3. The van der Waals surface area contributed by atoms with Gasteiger partial charge in [-0.05, 0) is 24.3 Å². The molecule has 0 unspecified atom stereocenters. The molecule has 0 aliphatic heterocycles. The molecule has 0 spiro atoms. The Hall–Kier alpha value is -2.07. The molecule has 0 aliphatic carbocycles. The van der Waals surface area contributed by atoms with Gasteiger partial charge in [-0.2, -0.15) is 0 Å². The average molecular weight is 277 g/mol. The van der Waals surface area contributed by atoms with Gasteiger partial charge in [0.1, 0.15) is 5.75 Å². The minimum absolute atomic E-state index is 0.125. The van der Waals surface area contributed by atoms with Crippen molar-refractivity contribution in [3.05, 3.63) is 53.8 Å². The Bertz CT molecular complexity index is 546. The molecule has 1 N–H and O–H groups in total. The second-order valence-corrected chi connectivity index (χ2v) is 4.23.